The molecule has 0 bridgehead atoms. The van der Waals surface area contributed by atoms with E-state index in [-0.39, 0.29) is 24.8 Å². The van der Waals surface area contributed by atoms with E-state index in [1.54, 1.807) is 25.2 Å². The number of carbonyl (C=O) groups excluding carboxylic acids is 1. The molecular weight excluding hydrogens is 263 g/mol. The summed E-state index contributed by atoms with van der Waals surface area (Å²) in [6.45, 7) is 2.96. The molecule has 0 atom stereocenters. The molecular formula is C14H19FN2O3. The highest BCUT2D eigenvalue weighted by Gasteiger charge is 2.27. The van der Waals surface area contributed by atoms with Crippen LogP contribution in [0.4, 0.5) is 4.39 Å². The van der Waals surface area contributed by atoms with Crippen LogP contribution in [0.2, 0.25) is 0 Å². The van der Waals surface area contributed by atoms with Crippen molar-refractivity contribution in [3.63, 3.8) is 0 Å². The fourth-order valence-corrected chi connectivity index (χ4v) is 1.48. The molecule has 0 saturated carbocycles. The van der Waals surface area contributed by atoms with E-state index in [1.807, 2.05) is 0 Å². The third-order valence-electron chi connectivity index (χ3n) is 3.01. The van der Waals surface area contributed by atoms with Crippen molar-refractivity contribution < 1.29 is 19.1 Å². The van der Waals surface area contributed by atoms with Crippen molar-refractivity contribution in [3.8, 4) is 0 Å². The maximum atomic E-state index is 13.5. The normalized spacial score (nSPS) is 11.2. The Morgan fingerprint density at radius 2 is 1.95 bits per heavy atom. The summed E-state index contributed by atoms with van der Waals surface area (Å²) in [6, 6.07) is 6.22. The number of amides is 1. The largest absolute Gasteiger partial charge is 0.480 e. The van der Waals surface area contributed by atoms with Gasteiger partial charge in [-0.1, -0.05) is 18.2 Å². The Hall–Kier alpha value is -1.95. The number of benzene rings is 1. The lowest BCUT2D eigenvalue weighted by atomic mass is 10.1. The standard InChI is InChI=1S/C14H19FN2O3/c1-14(2,13(19)20)16-8-12(18)17(3)9-10-6-4-5-7-11(10)15/h4-7,16H,8-9H2,1-3H3,(H,19,20). The van der Waals surface area contributed by atoms with Crippen LogP contribution >= 0.6 is 0 Å². The first kappa shape index (κ1) is 16.1. The lowest BCUT2D eigenvalue weighted by molar-refractivity contribution is -0.143. The molecule has 0 spiro atoms. The second-order valence-corrected chi connectivity index (χ2v) is 5.12. The van der Waals surface area contributed by atoms with E-state index in [4.69, 9.17) is 5.11 Å². The van der Waals surface area contributed by atoms with Gasteiger partial charge in [0.1, 0.15) is 11.4 Å². The number of halogens is 1. The van der Waals surface area contributed by atoms with E-state index in [2.05, 4.69) is 5.32 Å². The topological polar surface area (TPSA) is 69.6 Å². The minimum absolute atomic E-state index is 0.121. The molecule has 0 heterocycles. The highest BCUT2D eigenvalue weighted by atomic mass is 19.1. The van der Waals surface area contributed by atoms with E-state index in [0.29, 0.717) is 5.56 Å². The first-order chi connectivity index (χ1) is 9.24. The number of hydrogen-bond donors (Lipinski definition) is 2. The molecule has 1 rings (SSSR count). The minimum Gasteiger partial charge on any atom is -0.480 e. The monoisotopic (exact) mass is 282 g/mol. The highest BCUT2D eigenvalue weighted by molar-refractivity contribution is 5.81. The van der Waals surface area contributed by atoms with Crippen molar-refractivity contribution in [2.45, 2.75) is 25.9 Å². The fraction of sp³-hybridized carbons (Fsp3) is 0.429. The van der Waals surface area contributed by atoms with Crippen LogP contribution in [0.1, 0.15) is 19.4 Å². The molecule has 2 N–H and O–H groups in total. The summed E-state index contributed by atoms with van der Waals surface area (Å²) in [4.78, 5) is 24.1. The number of likely N-dealkylation sites (N-methyl/N-ethyl adjacent to an activating group) is 1. The Morgan fingerprint density at radius 1 is 1.35 bits per heavy atom. The van der Waals surface area contributed by atoms with Crippen molar-refractivity contribution in [3.05, 3.63) is 35.6 Å². The Morgan fingerprint density at radius 3 is 2.50 bits per heavy atom. The average Bonchev–Trinajstić information content (AvgIpc) is 2.38. The van der Waals surface area contributed by atoms with Gasteiger partial charge in [-0.2, -0.15) is 0 Å². The molecule has 0 fully saturated rings. The molecule has 0 radical (unpaired) electrons. The molecule has 0 unspecified atom stereocenters. The Kier molecular flexibility index (Phi) is 5.21. The molecule has 0 aliphatic heterocycles. The van der Waals surface area contributed by atoms with Gasteiger partial charge in [0, 0.05) is 19.2 Å². The maximum absolute atomic E-state index is 13.5. The third-order valence-corrected chi connectivity index (χ3v) is 3.01. The molecule has 5 nitrogen and oxygen atoms in total. The van der Waals surface area contributed by atoms with Crippen LogP contribution in [0, 0.1) is 5.82 Å². The van der Waals surface area contributed by atoms with Gasteiger partial charge in [0.2, 0.25) is 5.91 Å². The van der Waals surface area contributed by atoms with Crippen molar-refractivity contribution in [2.75, 3.05) is 13.6 Å². The molecule has 0 saturated heterocycles. The molecule has 20 heavy (non-hydrogen) atoms. The van der Waals surface area contributed by atoms with Gasteiger partial charge in [0.25, 0.3) is 0 Å². The van der Waals surface area contributed by atoms with Gasteiger partial charge in [-0.25, -0.2) is 4.39 Å². The first-order valence-electron chi connectivity index (χ1n) is 6.20. The predicted octanol–water partition coefficient (Wildman–Crippen LogP) is 1.24. The third kappa shape index (κ3) is 4.31. The Balaban J connectivity index is 2.56. The number of carboxylic acid groups (broad SMARTS) is 1. The molecule has 0 aliphatic carbocycles. The van der Waals surface area contributed by atoms with Gasteiger partial charge in [0.15, 0.2) is 0 Å². The lowest BCUT2D eigenvalue weighted by Crippen LogP contribution is -2.50. The summed E-state index contributed by atoms with van der Waals surface area (Å²) in [5.41, 5.74) is -0.769. The average molecular weight is 282 g/mol. The molecule has 0 aromatic heterocycles. The fourth-order valence-electron chi connectivity index (χ4n) is 1.48. The second kappa shape index (κ2) is 6.47. The van der Waals surface area contributed by atoms with Crippen LogP contribution in [0.25, 0.3) is 0 Å². The number of nitrogens with one attached hydrogen (secondary N) is 1. The van der Waals surface area contributed by atoms with Crippen molar-refractivity contribution in [1.29, 1.82) is 0 Å². The number of aliphatic carboxylic acids is 1. The molecule has 1 amide bonds. The van der Waals surface area contributed by atoms with Crippen LogP contribution < -0.4 is 5.32 Å². The van der Waals surface area contributed by atoms with E-state index < -0.39 is 11.5 Å². The van der Waals surface area contributed by atoms with Gasteiger partial charge < -0.3 is 10.0 Å². The van der Waals surface area contributed by atoms with Crippen molar-refractivity contribution in [1.82, 2.24) is 10.2 Å². The molecule has 6 heteroatoms. The number of nitrogens with zero attached hydrogens (tertiary/aromatic N) is 1. The zero-order chi connectivity index (χ0) is 15.3. The Labute approximate surface area is 117 Å². The van der Waals surface area contributed by atoms with Crippen LogP contribution in [0.15, 0.2) is 24.3 Å². The molecule has 1 aromatic rings. The van der Waals surface area contributed by atoms with Gasteiger partial charge in [-0.15, -0.1) is 0 Å². The van der Waals surface area contributed by atoms with E-state index >= 15 is 0 Å². The van der Waals surface area contributed by atoms with Crippen LogP contribution in [0.5, 0.6) is 0 Å². The zero-order valence-electron chi connectivity index (χ0n) is 11.8. The lowest BCUT2D eigenvalue weighted by Gasteiger charge is -2.23. The zero-order valence-corrected chi connectivity index (χ0v) is 11.8. The van der Waals surface area contributed by atoms with Crippen LogP contribution in [-0.4, -0.2) is 41.0 Å². The number of hydrogen-bond acceptors (Lipinski definition) is 3. The molecule has 0 aliphatic rings. The molecule has 1 aromatic carbocycles. The summed E-state index contributed by atoms with van der Waals surface area (Å²) in [5, 5.41) is 11.6. The van der Waals surface area contributed by atoms with Gasteiger partial charge >= 0.3 is 5.97 Å². The van der Waals surface area contributed by atoms with E-state index in [1.165, 1.54) is 24.8 Å². The number of rotatable bonds is 6. The maximum Gasteiger partial charge on any atom is 0.323 e. The van der Waals surface area contributed by atoms with Gasteiger partial charge in [0.05, 0.1) is 6.54 Å². The smallest absolute Gasteiger partial charge is 0.323 e. The summed E-state index contributed by atoms with van der Waals surface area (Å²) in [5.74, 6) is -1.71. The SMILES string of the molecule is CN(Cc1ccccc1F)C(=O)CNC(C)(C)C(=O)O. The van der Waals surface area contributed by atoms with Crippen molar-refractivity contribution >= 4 is 11.9 Å². The first-order valence-corrected chi connectivity index (χ1v) is 6.20. The minimum atomic E-state index is -1.19. The predicted molar refractivity (Wildman–Crippen MR) is 72.6 cm³/mol. The Bertz CT molecular complexity index is 503. The summed E-state index contributed by atoms with van der Waals surface area (Å²) in [6.07, 6.45) is 0. The summed E-state index contributed by atoms with van der Waals surface area (Å²) < 4.78 is 13.5. The number of carboxylic acids is 1. The quantitative estimate of drug-likeness (QED) is 0.823. The van der Waals surface area contributed by atoms with Gasteiger partial charge in [-0.3, -0.25) is 14.9 Å². The highest BCUT2D eigenvalue weighted by Crippen LogP contribution is 2.09. The molecule has 110 valence electrons. The number of carbonyl (C=O) groups is 2. The van der Waals surface area contributed by atoms with Crippen LogP contribution in [-0.2, 0) is 16.1 Å². The second-order valence-electron chi connectivity index (χ2n) is 5.12. The summed E-state index contributed by atoms with van der Waals surface area (Å²) >= 11 is 0. The van der Waals surface area contributed by atoms with Gasteiger partial charge in [-0.05, 0) is 19.9 Å². The summed E-state index contributed by atoms with van der Waals surface area (Å²) in [7, 11) is 1.55. The van der Waals surface area contributed by atoms with Crippen molar-refractivity contribution in [2.24, 2.45) is 0 Å². The van der Waals surface area contributed by atoms with E-state index in [0.717, 1.165) is 0 Å². The van der Waals surface area contributed by atoms with E-state index in [9.17, 15) is 14.0 Å². The van der Waals surface area contributed by atoms with Crippen LogP contribution in [0.3, 0.4) is 0 Å².